The number of carbonyl (C=O) groups is 1. The van der Waals surface area contributed by atoms with Crippen molar-refractivity contribution < 1.29 is 17.9 Å². The molecule has 1 unspecified atom stereocenters. The molecule has 0 aliphatic carbocycles. The van der Waals surface area contributed by atoms with Gasteiger partial charge in [-0.2, -0.15) is 4.72 Å². The molecular formula is C25H29N3O4S2. The first-order valence-corrected chi connectivity index (χ1v) is 13.3. The van der Waals surface area contributed by atoms with Crippen LogP contribution < -0.4 is 14.8 Å². The molecule has 2 N–H and O–H groups in total. The van der Waals surface area contributed by atoms with Gasteiger partial charge in [-0.15, -0.1) is 11.8 Å². The number of rotatable bonds is 11. The number of sulfonamides is 1. The van der Waals surface area contributed by atoms with Gasteiger partial charge in [0.1, 0.15) is 11.8 Å². The Morgan fingerprint density at radius 1 is 1.06 bits per heavy atom. The molecule has 0 aliphatic heterocycles. The molecule has 1 aromatic heterocycles. The quantitative estimate of drug-likeness (QED) is 0.371. The van der Waals surface area contributed by atoms with Crippen molar-refractivity contribution in [1.29, 1.82) is 0 Å². The molecule has 0 saturated heterocycles. The molecule has 34 heavy (non-hydrogen) atoms. The molecule has 9 heteroatoms. The van der Waals surface area contributed by atoms with Gasteiger partial charge >= 0.3 is 0 Å². The third-order valence-corrected chi connectivity index (χ3v) is 7.51. The number of nitrogens with one attached hydrogen (secondary N) is 2. The van der Waals surface area contributed by atoms with Crippen molar-refractivity contribution in [3.63, 3.8) is 0 Å². The summed E-state index contributed by atoms with van der Waals surface area (Å²) < 4.78 is 33.4. The molecule has 180 valence electrons. The molecule has 3 rings (SSSR count). The van der Waals surface area contributed by atoms with E-state index in [1.165, 1.54) is 19.2 Å². The first-order valence-electron chi connectivity index (χ1n) is 10.9. The van der Waals surface area contributed by atoms with Crippen LogP contribution in [0.4, 0.5) is 5.69 Å². The standard InChI is InChI=1S/C25H29N3O4S2/c1-18(2)15-24(28-34(30,31)23-12-8-21(32-3)9-13-23)25(29)27-20-6-10-22(11-7-20)33-17-19-5-4-14-26-16-19/h4-14,16,18,24,28H,15,17H2,1-3H3,(H,27,29). The molecule has 0 fully saturated rings. The van der Waals surface area contributed by atoms with E-state index in [1.807, 2.05) is 56.4 Å². The number of hydrogen-bond donors (Lipinski definition) is 2. The number of pyridine rings is 1. The van der Waals surface area contributed by atoms with Crippen LogP contribution in [0.25, 0.3) is 0 Å². The summed E-state index contributed by atoms with van der Waals surface area (Å²) in [5.74, 6) is 1.06. The second-order valence-corrected chi connectivity index (χ2v) is 10.9. The number of amides is 1. The van der Waals surface area contributed by atoms with E-state index in [0.717, 1.165) is 16.2 Å². The third kappa shape index (κ3) is 7.58. The van der Waals surface area contributed by atoms with E-state index in [4.69, 9.17) is 4.74 Å². The topological polar surface area (TPSA) is 97.4 Å². The fraction of sp³-hybridized carbons (Fsp3) is 0.280. The number of hydrogen-bond acceptors (Lipinski definition) is 6. The average Bonchev–Trinajstić information content (AvgIpc) is 2.83. The van der Waals surface area contributed by atoms with Gasteiger partial charge in [0.05, 0.1) is 12.0 Å². The maximum absolute atomic E-state index is 13.0. The molecule has 1 heterocycles. The molecule has 0 radical (unpaired) electrons. The van der Waals surface area contributed by atoms with Crippen LogP contribution in [0.1, 0.15) is 25.8 Å². The highest BCUT2D eigenvalue weighted by Crippen LogP contribution is 2.24. The number of nitrogens with zero attached hydrogens (tertiary/aromatic N) is 1. The van der Waals surface area contributed by atoms with Crippen molar-refractivity contribution in [2.45, 2.75) is 41.9 Å². The summed E-state index contributed by atoms with van der Waals surface area (Å²) in [7, 11) is -2.37. The average molecular weight is 500 g/mol. The minimum absolute atomic E-state index is 0.0739. The molecule has 0 spiro atoms. The summed E-state index contributed by atoms with van der Waals surface area (Å²) in [6.07, 6.45) is 3.94. The summed E-state index contributed by atoms with van der Waals surface area (Å²) in [4.78, 5) is 18.2. The SMILES string of the molecule is COc1ccc(S(=O)(=O)NC(CC(C)C)C(=O)Nc2ccc(SCc3cccnc3)cc2)cc1. The lowest BCUT2D eigenvalue weighted by molar-refractivity contribution is -0.118. The highest BCUT2D eigenvalue weighted by molar-refractivity contribution is 7.98. The molecule has 0 saturated carbocycles. The first kappa shape index (κ1) is 25.7. The van der Waals surface area contributed by atoms with E-state index in [1.54, 1.807) is 30.1 Å². The van der Waals surface area contributed by atoms with E-state index in [-0.39, 0.29) is 10.8 Å². The first-order chi connectivity index (χ1) is 16.3. The van der Waals surface area contributed by atoms with Gasteiger partial charge in [-0.25, -0.2) is 8.42 Å². The minimum atomic E-state index is -3.88. The van der Waals surface area contributed by atoms with Gasteiger partial charge in [0.2, 0.25) is 15.9 Å². The van der Waals surface area contributed by atoms with Gasteiger partial charge in [-0.3, -0.25) is 9.78 Å². The van der Waals surface area contributed by atoms with Crippen molar-refractivity contribution >= 4 is 33.4 Å². The van der Waals surface area contributed by atoms with E-state index < -0.39 is 22.0 Å². The zero-order chi connectivity index (χ0) is 24.6. The van der Waals surface area contributed by atoms with E-state index >= 15 is 0 Å². The lowest BCUT2D eigenvalue weighted by atomic mass is 10.0. The van der Waals surface area contributed by atoms with Crippen LogP contribution in [0.15, 0.2) is 82.8 Å². The fourth-order valence-electron chi connectivity index (χ4n) is 3.20. The monoisotopic (exact) mass is 499 g/mol. The molecule has 1 amide bonds. The van der Waals surface area contributed by atoms with Crippen molar-refractivity contribution in [3.05, 3.63) is 78.6 Å². The predicted octanol–water partition coefficient (Wildman–Crippen LogP) is 4.71. The van der Waals surface area contributed by atoms with Crippen LogP contribution in [0.5, 0.6) is 5.75 Å². The summed E-state index contributed by atoms with van der Waals surface area (Å²) in [6, 6.07) is 16.5. The molecule has 0 bridgehead atoms. The Kier molecular flexibility index (Phi) is 9.09. The summed E-state index contributed by atoms with van der Waals surface area (Å²) in [6.45, 7) is 3.88. The van der Waals surface area contributed by atoms with Crippen molar-refractivity contribution in [1.82, 2.24) is 9.71 Å². The lowest BCUT2D eigenvalue weighted by Crippen LogP contribution is -2.44. The predicted molar refractivity (Wildman–Crippen MR) is 135 cm³/mol. The van der Waals surface area contributed by atoms with Crippen molar-refractivity contribution in [2.24, 2.45) is 5.92 Å². The molecule has 3 aromatic rings. The highest BCUT2D eigenvalue weighted by Gasteiger charge is 2.26. The Morgan fingerprint density at radius 3 is 2.35 bits per heavy atom. The largest absolute Gasteiger partial charge is 0.497 e. The van der Waals surface area contributed by atoms with Gasteiger partial charge in [0.15, 0.2) is 0 Å². The van der Waals surface area contributed by atoms with Crippen LogP contribution in [-0.4, -0.2) is 32.5 Å². The second kappa shape index (κ2) is 12.0. The summed E-state index contributed by atoms with van der Waals surface area (Å²) >= 11 is 1.67. The molecule has 1 atom stereocenters. The summed E-state index contributed by atoms with van der Waals surface area (Å²) in [5, 5.41) is 2.84. The highest BCUT2D eigenvalue weighted by atomic mass is 32.2. The Morgan fingerprint density at radius 2 is 1.76 bits per heavy atom. The molecule has 0 aliphatic rings. The number of carbonyl (C=O) groups excluding carboxylic acids is 1. The molecule has 7 nitrogen and oxygen atoms in total. The second-order valence-electron chi connectivity index (χ2n) is 8.14. The van der Waals surface area contributed by atoms with E-state index in [0.29, 0.717) is 17.9 Å². The number of thioether (sulfide) groups is 1. The fourth-order valence-corrected chi connectivity index (χ4v) is 5.25. The van der Waals surface area contributed by atoms with Crippen molar-refractivity contribution in [3.8, 4) is 5.75 Å². The normalized spacial score (nSPS) is 12.4. The van der Waals surface area contributed by atoms with E-state index in [2.05, 4.69) is 15.0 Å². The summed E-state index contributed by atoms with van der Waals surface area (Å²) in [5.41, 5.74) is 1.73. The van der Waals surface area contributed by atoms with E-state index in [9.17, 15) is 13.2 Å². The van der Waals surface area contributed by atoms with Crippen LogP contribution >= 0.6 is 11.8 Å². The third-order valence-electron chi connectivity index (χ3n) is 4.94. The van der Waals surface area contributed by atoms with Gasteiger partial charge < -0.3 is 10.1 Å². The number of ether oxygens (including phenoxy) is 1. The van der Waals surface area contributed by atoms with Gasteiger partial charge in [0, 0.05) is 28.7 Å². The maximum atomic E-state index is 13.0. The van der Waals surface area contributed by atoms with Gasteiger partial charge in [0.25, 0.3) is 0 Å². The number of anilines is 1. The Balaban J connectivity index is 1.65. The van der Waals surface area contributed by atoms with Gasteiger partial charge in [-0.05, 0) is 72.5 Å². The number of benzene rings is 2. The Bertz CT molecular complexity index is 1170. The van der Waals surface area contributed by atoms with Gasteiger partial charge in [-0.1, -0.05) is 19.9 Å². The molecule has 2 aromatic carbocycles. The van der Waals surface area contributed by atoms with Crippen molar-refractivity contribution in [2.75, 3.05) is 12.4 Å². The Labute approximate surface area is 205 Å². The van der Waals surface area contributed by atoms with Crippen LogP contribution in [0, 0.1) is 5.92 Å². The van der Waals surface area contributed by atoms with Crippen LogP contribution in [0.3, 0.4) is 0 Å². The smallest absolute Gasteiger partial charge is 0.242 e. The minimum Gasteiger partial charge on any atom is -0.497 e. The maximum Gasteiger partial charge on any atom is 0.242 e. The number of methoxy groups -OCH3 is 1. The lowest BCUT2D eigenvalue weighted by Gasteiger charge is -2.20. The number of aromatic nitrogens is 1. The van der Waals surface area contributed by atoms with Crippen LogP contribution in [-0.2, 0) is 20.6 Å². The van der Waals surface area contributed by atoms with Crippen LogP contribution in [0.2, 0.25) is 0 Å². The zero-order valence-corrected chi connectivity index (χ0v) is 21.0. The molecular weight excluding hydrogens is 470 g/mol. The Hall–Kier alpha value is -2.88. The zero-order valence-electron chi connectivity index (χ0n) is 19.4.